The van der Waals surface area contributed by atoms with Gasteiger partial charge in [0.05, 0.1) is 6.61 Å². The summed E-state index contributed by atoms with van der Waals surface area (Å²) in [7, 11) is 3.63. The highest BCUT2D eigenvalue weighted by molar-refractivity contribution is 5.34. The first kappa shape index (κ1) is 13.8. The zero-order chi connectivity index (χ0) is 12.8. The lowest BCUT2D eigenvalue weighted by molar-refractivity contribution is 0.164. The summed E-state index contributed by atoms with van der Waals surface area (Å²) in [6.07, 6.45) is 1.03. The number of nitrogens with zero attached hydrogens (tertiary/aromatic N) is 2. The van der Waals surface area contributed by atoms with Crippen LogP contribution < -0.4 is 5.32 Å². The number of rotatable bonds is 6. The molecular formula is C13H21N3O. The van der Waals surface area contributed by atoms with E-state index in [4.69, 9.17) is 10.00 Å². The van der Waals surface area contributed by atoms with E-state index in [1.807, 2.05) is 24.6 Å². The zero-order valence-corrected chi connectivity index (χ0v) is 11.1. The van der Waals surface area contributed by atoms with Gasteiger partial charge in [0.15, 0.2) is 0 Å². The van der Waals surface area contributed by atoms with E-state index in [0.717, 1.165) is 18.7 Å². The van der Waals surface area contributed by atoms with Crippen LogP contribution in [0, 0.1) is 18.3 Å². The molecule has 17 heavy (non-hydrogen) atoms. The van der Waals surface area contributed by atoms with Crippen molar-refractivity contribution in [2.24, 2.45) is 7.05 Å². The van der Waals surface area contributed by atoms with Crippen molar-refractivity contribution >= 4 is 0 Å². The quantitative estimate of drug-likeness (QED) is 0.816. The maximum atomic E-state index is 8.95. The van der Waals surface area contributed by atoms with Crippen molar-refractivity contribution in [3.05, 3.63) is 23.0 Å². The van der Waals surface area contributed by atoms with Crippen molar-refractivity contribution in [1.29, 1.82) is 5.26 Å². The summed E-state index contributed by atoms with van der Waals surface area (Å²) >= 11 is 0. The molecule has 4 heteroatoms. The number of nitriles is 1. The third-order valence-electron chi connectivity index (χ3n) is 3.20. The van der Waals surface area contributed by atoms with E-state index in [0.29, 0.717) is 18.3 Å². The molecule has 1 unspecified atom stereocenters. The minimum atomic E-state index is 0.366. The Hall–Kier alpha value is -1.31. The fraction of sp³-hybridized carbons (Fsp3) is 0.615. The fourth-order valence-corrected chi connectivity index (χ4v) is 1.83. The molecule has 1 aromatic rings. The molecule has 0 spiro atoms. The first-order valence-corrected chi connectivity index (χ1v) is 5.91. The predicted molar refractivity (Wildman–Crippen MR) is 67.7 cm³/mol. The number of methoxy groups -OCH3 is 1. The molecule has 0 aromatic carbocycles. The van der Waals surface area contributed by atoms with Gasteiger partial charge in [0.1, 0.15) is 11.8 Å². The molecule has 0 aliphatic carbocycles. The summed E-state index contributed by atoms with van der Waals surface area (Å²) in [5.41, 5.74) is 3.03. The zero-order valence-electron chi connectivity index (χ0n) is 11.1. The van der Waals surface area contributed by atoms with Gasteiger partial charge in [-0.25, -0.2) is 0 Å². The van der Waals surface area contributed by atoms with Crippen LogP contribution >= 0.6 is 0 Å². The molecule has 1 N–H and O–H groups in total. The number of hydrogen-bond donors (Lipinski definition) is 1. The van der Waals surface area contributed by atoms with E-state index in [1.165, 1.54) is 5.56 Å². The van der Waals surface area contributed by atoms with Crippen LogP contribution in [0.2, 0.25) is 0 Å². The van der Waals surface area contributed by atoms with Crippen molar-refractivity contribution in [2.45, 2.75) is 32.9 Å². The standard InChI is InChI=1S/C13H21N3O/c1-5-12(9-17-4)15-8-11-6-13(7-14)16(3)10(11)2/h6,12,15H,5,8-9H2,1-4H3. The Morgan fingerprint density at radius 2 is 2.29 bits per heavy atom. The molecule has 0 amide bonds. The average molecular weight is 235 g/mol. The van der Waals surface area contributed by atoms with Crippen LogP contribution in [-0.2, 0) is 18.3 Å². The predicted octanol–water partition coefficient (Wildman–Crippen LogP) is 1.72. The van der Waals surface area contributed by atoms with Crippen LogP contribution in [0.5, 0.6) is 0 Å². The Kier molecular flexibility index (Phi) is 5.20. The van der Waals surface area contributed by atoms with Gasteiger partial charge in [-0.05, 0) is 25.0 Å². The van der Waals surface area contributed by atoms with Crippen LogP contribution in [0.1, 0.15) is 30.3 Å². The normalized spacial score (nSPS) is 12.4. The number of aromatic nitrogens is 1. The molecule has 1 rings (SSSR count). The summed E-state index contributed by atoms with van der Waals surface area (Å²) in [5, 5.41) is 12.4. The van der Waals surface area contributed by atoms with E-state index < -0.39 is 0 Å². The van der Waals surface area contributed by atoms with E-state index in [1.54, 1.807) is 7.11 Å². The Balaban J connectivity index is 2.66. The monoisotopic (exact) mass is 235 g/mol. The van der Waals surface area contributed by atoms with Crippen LogP contribution in [0.3, 0.4) is 0 Å². The van der Waals surface area contributed by atoms with Gasteiger partial charge in [-0.3, -0.25) is 0 Å². The highest BCUT2D eigenvalue weighted by atomic mass is 16.5. The summed E-state index contributed by atoms with van der Waals surface area (Å²) in [6, 6.07) is 4.51. The van der Waals surface area contributed by atoms with Gasteiger partial charge < -0.3 is 14.6 Å². The van der Waals surface area contributed by atoms with Gasteiger partial charge in [0.25, 0.3) is 0 Å². The van der Waals surface area contributed by atoms with Gasteiger partial charge >= 0.3 is 0 Å². The summed E-state index contributed by atoms with van der Waals surface area (Å²) in [4.78, 5) is 0. The van der Waals surface area contributed by atoms with Crippen molar-refractivity contribution in [3.8, 4) is 6.07 Å². The lowest BCUT2D eigenvalue weighted by Crippen LogP contribution is -2.32. The van der Waals surface area contributed by atoms with Gasteiger partial charge in [0, 0.05) is 32.4 Å². The highest BCUT2D eigenvalue weighted by Gasteiger charge is 2.10. The molecule has 0 bridgehead atoms. The van der Waals surface area contributed by atoms with Crippen molar-refractivity contribution in [2.75, 3.05) is 13.7 Å². The largest absolute Gasteiger partial charge is 0.383 e. The van der Waals surface area contributed by atoms with Crippen molar-refractivity contribution in [1.82, 2.24) is 9.88 Å². The molecular weight excluding hydrogens is 214 g/mol. The second-order valence-corrected chi connectivity index (χ2v) is 4.25. The Labute approximate surface area is 103 Å². The molecule has 0 saturated heterocycles. The van der Waals surface area contributed by atoms with Gasteiger partial charge in [-0.2, -0.15) is 5.26 Å². The topological polar surface area (TPSA) is 50.0 Å². The molecule has 0 aliphatic rings. The van der Waals surface area contributed by atoms with E-state index in [2.05, 4.69) is 18.3 Å². The van der Waals surface area contributed by atoms with E-state index >= 15 is 0 Å². The van der Waals surface area contributed by atoms with Gasteiger partial charge in [-0.15, -0.1) is 0 Å². The molecule has 0 fully saturated rings. The fourth-order valence-electron chi connectivity index (χ4n) is 1.83. The minimum Gasteiger partial charge on any atom is -0.383 e. The van der Waals surface area contributed by atoms with Crippen molar-refractivity contribution < 1.29 is 4.74 Å². The van der Waals surface area contributed by atoms with Gasteiger partial charge in [0.2, 0.25) is 0 Å². The number of nitrogens with one attached hydrogen (secondary N) is 1. The lowest BCUT2D eigenvalue weighted by Gasteiger charge is -2.15. The third-order valence-corrected chi connectivity index (χ3v) is 3.20. The maximum Gasteiger partial charge on any atom is 0.120 e. The van der Waals surface area contributed by atoms with E-state index in [9.17, 15) is 0 Å². The van der Waals surface area contributed by atoms with Crippen LogP contribution in [-0.4, -0.2) is 24.3 Å². The summed E-state index contributed by atoms with van der Waals surface area (Å²) in [6.45, 7) is 5.67. The van der Waals surface area contributed by atoms with Crippen LogP contribution in [0.25, 0.3) is 0 Å². The lowest BCUT2D eigenvalue weighted by atomic mass is 10.2. The minimum absolute atomic E-state index is 0.366. The Morgan fingerprint density at radius 1 is 1.59 bits per heavy atom. The second kappa shape index (κ2) is 6.43. The summed E-state index contributed by atoms with van der Waals surface area (Å²) in [5.74, 6) is 0. The molecule has 0 aliphatic heterocycles. The molecule has 0 radical (unpaired) electrons. The molecule has 0 saturated carbocycles. The van der Waals surface area contributed by atoms with Gasteiger partial charge in [-0.1, -0.05) is 6.92 Å². The van der Waals surface area contributed by atoms with Crippen LogP contribution in [0.4, 0.5) is 0 Å². The first-order chi connectivity index (χ1) is 8.13. The maximum absolute atomic E-state index is 8.95. The number of ether oxygens (including phenoxy) is 1. The van der Waals surface area contributed by atoms with E-state index in [-0.39, 0.29) is 0 Å². The van der Waals surface area contributed by atoms with Crippen LogP contribution in [0.15, 0.2) is 6.07 Å². The molecule has 94 valence electrons. The Bertz CT molecular complexity index is 404. The average Bonchev–Trinajstić information content (AvgIpc) is 2.61. The first-order valence-electron chi connectivity index (χ1n) is 5.91. The molecule has 1 atom stereocenters. The van der Waals surface area contributed by atoms with Crippen molar-refractivity contribution in [3.63, 3.8) is 0 Å². The molecule has 1 aromatic heterocycles. The smallest absolute Gasteiger partial charge is 0.120 e. The molecule has 1 heterocycles. The highest BCUT2D eigenvalue weighted by Crippen LogP contribution is 2.13. The second-order valence-electron chi connectivity index (χ2n) is 4.25. The third kappa shape index (κ3) is 3.32. The number of hydrogen-bond acceptors (Lipinski definition) is 3. The Morgan fingerprint density at radius 3 is 2.76 bits per heavy atom. The summed E-state index contributed by atoms with van der Waals surface area (Å²) < 4.78 is 7.07. The molecule has 4 nitrogen and oxygen atoms in total. The SMILES string of the molecule is CCC(COC)NCc1cc(C#N)n(C)c1C.